The number of thiazole rings is 1. The number of esters is 5. The highest BCUT2D eigenvalue weighted by atomic mass is 32.1. The second kappa shape index (κ2) is 12.9. The molecular formula is C21H26N2O12S. The maximum atomic E-state index is 12.2. The predicted molar refractivity (Wildman–Crippen MR) is 119 cm³/mol. The Morgan fingerprint density at radius 1 is 0.944 bits per heavy atom. The third kappa shape index (κ3) is 7.98. The lowest BCUT2D eigenvalue weighted by molar-refractivity contribution is -0.247. The Morgan fingerprint density at radius 3 is 2.17 bits per heavy atom. The largest absolute Gasteiger partial charge is 0.463 e. The molecule has 1 N–H and O–H groups in total. The van der Waals surface area contributed by atoms with Crippen molar-refractivity contribution in [1.82, 2.24) is 4.98 Å². The van der Waals surface area contributed by atoms with Crippen LogP contribution in [0.25, 0.3) is 0 Å². The summed E-state index contributed by atoms with van der Waals surface area (Å²) in [5, 5.41) is 2.64. The first-order valence-corrected chi connectivity index (χ1v) is 10.9. The van der Waals surface area contributed by atoms with E-state index in [0.29, 0.717) is 11.3 Å². The van der Waals surface area contributed by atoms with Gasteiger partial charge >= 0.3 is 29.8 Å². The van der Waals surface area contributed by atoms with Crippen LogP contribution >= 0.6 is 11.3 Å². The minimum Gasteiger partial charge on any atom is -0.463 e. The van der Waals surface area contributed by atoms with Gasteiger partial charge < -0.3 is 33.7 Å². The molecule has 1 aliphatic rings. The molecule has 15 heteroatoms. The van der Waals surface area contributed by atoms with E-state index in [2.05, 4.69) is 15.0 Å². The minimum absolute atomic E-state index is 0.0377. The lowest BCUT2D eigenvalue weighted by Crippen LogP contribution is -2.64. The molecule has 0 amide bonds. The molecule has 0 spiro atoms. The van der Waals surface area contributed by atoms with Crippen LogP contribution in [0.4, 0.5) is 5.13 Å². The van der Waals surface area contributed by atoms with Crippen LogP contribution in [0.5, 0.6) is 0 Å². The van der Waals surface area contributed by atoms with Crippen molar-refractivity contribution in [2.75, 3.05) is 18.5 Å². The van der Waals surface area contributed by atoms with Crippen molar-refractivity contribution < 1.29 is 62.7 Å². The van der Waals surface area contributed by atoms with Crippen molar-refractivity contribution in [2.24, 2.45) is 0 Å². The Hall–Kier alpha value is -3.59. The number of aromatic nitrogens is 1. The fourth-order valence-corrected chi connectivity index (χ4v) is 3.84. The molecule has 2 heterocycles. The Labute approximate surface area is 215 Å². The fraction of sp³-hybridized carbons (Fsp3) is 0.571. The zero-order valence-electron chi connectivity index (χ0n) is 23.0. The summed E-state index contributed by atoms with van der Waals surface area (Å²) in [6.07, 6.45) is -6.88. The Bertz CT molecular complexity index is 1090. The average molecular weight is 535 g/mol. The monoisotopic (exact) mass is 534 g/mol. The SMILES string of the molecule is [2H]CC(=O)OC[C@H]1OC(Nc2ncc(C(=O)C(=O)OCC)s2)[C@@H](OC(=O)C[2H])[C@@H](OC(=O)C[2H])[C@@H]1OC(=O)C[2H]. The summed E-state index contributed by atoms with van der Waals surface area (Å²) in [4.78, 5) is 75.8. The van der Waals surface area contributed by atoms with Crippen LogP contribution in [-0.2, 0) is 52.4 Å². The topological polar surface area (TPSA) is 183 Å². The van der Waals surface area contributed by atoms with E-state index in [4.69, 9.17) is 29.2 Å². The van der Waals surface area contributed by atoms with Gasteiger partial charge in [-0.3, -0.25) is 24.0 Å². The third-order valence-electron chi connectivity index (χ3n) is 4.30. The molecule has 0 saturated carbocycles. The lowest BCUT2D eigenvalue weighted by Gasteiger charge is -2.44. The van der Waals surface area contributed by atoms with E-state index in [1.165, 1.54) is 6.92 Å². The molecule has 1 aromatic rings. The Morgan fingerprint density at radius 2 is 1.56 bits per heavy atom. The number of Topliss-reactive ketones (excluding diaryl/α,β-unsaturated/α-hetero) is 1. The van der Waals surface area contributed by atoms with Crippen molar-refractivity contribution >= 4 is 52.1 Å². The number of nitrogens with zero attached hydrogens (tertiary/aromatic N) is 1. The number of anilines is 1. The van der Waals surface area contributed by atoms with E-state index in [0.717, 1.165) is 6.20 Å². The van der Waals surface area contributed by atoms with Gasteiger partial charge in [0.25, 0.3) is 5.78 Å². The van der Waals surface area contributed by atoms with E-state index in [9.17, 15) is 28.8 Å². The maximum absolute atomic E-state index is 12.2. The molecule has 0 aromatic carbocycles. The number of hydrogen-bond donors (Lipinski definition) is 1. The molecule has 14 nitrogen and oxygen atoms in total. The van der Waals surface area contributed by atoms with Gasteiger partial charge in [-0.1, -0.05) is 11.3 Å². The summed E-state index contributed by atoms with van der Waals surface area (Å²) < 4.78 is 60.1. The summed E-state index contributed by atoms with van der Waals surface area (Å²) in [7, 11) is 0. The molecule has 36 heavy (non-hydrogen) atoms. The average Bonchev–Trinajstić information content (AvgIpc) is 3.42. The predicted octanol–water partition coefficient (Wildman–Crippen LogP) is 0.384. The summed E-state index contributed by atoms with van der Waals surface area (Å²) in [5.41, 5.74) is 0. The van der Waals surface area contributed by atoms with Gasteiger partial charge in [-0.25, -0.2) is 9.78 Å². The van der Waals surface area contributed by atoms with Crippen molar-refractivity contribution in [2.45, 2.75) is 65.2 Å². The van der Waals surface area contributed by atoms with Gasteiger partial charge in [0.1, 0.15) is 17.6 Å². The first-order chi connectivity index (χ1) is 19.1. The highest BCUT2D eigenvalue weighted by Crippen LogP contribution is 2.31. The quantitative estimate of drug-likeness (QED) is 0.188. The van der Waals surface area contributed by atoms with Crippen molar-refractivity contribution in [3.8, 4) is 0 Å². The number of carbonyl (C=O) groups is 6. The summed E-state index contributed by atoms with van der Waals surface area (Å²) in [6, 6.07) is 0. The molecule has 1 aliphatic heterocycles. The second-order valence-electron chi connectivity index (χ2n) is 6.87. The number of nitrogens with one attached hydrogen (secondary N) is 1. The van der Waals surface area contributed by atoms with Gasteiger partial charge in [-0.05, 0) is 6.92 Å². The third-order valence-corrected chi connectivity index (χ3v) is 5.23. The first kappa shape index (κ1) is 22.8. The van der Waals surface area contributed by atoms with Crippen LogP contribution in [0, 0.1) is 0 Å². The summed E-state index contributed by atoms with van der Waals surface area (Å²) in [6.45, 7) is -2.57. The smallest absolute Gasteiger partial charge is 0.380 e. The molecule has 1 unspecified atom stereocenters. The highest BCUT2D eigenvalue weighted by Gasteiger charge is 2.52. The highest BCUT2D eigenvalue weighted by molar-refractivity contribution is 7.18. The molecule has 1 aromatic heterocycles. The van der Waals surface area contributed by atoms with Crippen molar-refractivity contribution in [1.29, 1.82) is 0 Å². The van der Waals surface area contributed by atoms with Crippen LogP contribution < -0.4 is 5.32 Å². The maximum Gasteiger partial charge on any atom is 0.380 e. The zero-order valence-corrected chi connectivity index (χ0v) is 19.8. The number of ketones is 1. The van der Waals surface area contributed by atoms with Gasteiger partial charge in [0.2, 0.25) is 0 Å². The number of hydrogen-bond acceptors (Lipinski definition) is 15. The van der Waals surface area contributed by atoms with Gasteiger partial charge in [0.05, 0.1) is 12.8 Å². The van der Waals surface area contributed by atoms with Crippen molar-refractivity contribution in [3.63, 3.8) is 0 Å². The zero-order chi connectivity index (χ0) is 29.8. The van der Waals surface area contributed by atoms with E-state index in [-0.39, 0.29) is 16.6 Å². The van der Waals surface area contributed by atoms with Crippen LogP contribution in [-0.4, -0.2) is 84.5 Å². The van der Waals surface area contributed by atoms with Crippen LogP contribution in [0.3, 0.4) is 0 Å². The standard InChI is InChI=1S/C21H26N2O12S/c1-6-30-20(29)15(28)14-7-22-21(36-14)23-19-18(34-12(5)27)17(33-11(4)26)16(32-10(3)25)13(35-19)8-31-9(2)24/h7,13,16-19H,6,8H2,1-5H3,(H,22,23)/t13-,16-,17+,18+,19?/m1/s1/i2D,3D,4D,5D. The first-order valence-electron chi connectivity index (χ1n) is 12.9. The normalized spacial score (nSPS) is 24.5. The molecule has 2 rings (SSSR count). The number of carbonyl (C=O) groups excluding carboxylic acids is 6. The molecule has 0 bridgehead atoms. The van der Waals surface area contributed by atoms with Crippen LogP contribution in [0.1, 0.15) is 49.7 Å². The number of rotatable bonds is 10. The lowest BCUT2D eigenvalue weighted by atomic mass is 9.97. The van der Waals surface area contributed by atoms with Crippen LogP contribution in [0.2, 0.25) is 0 Å². The molecule has 1 saturated heterocycles. The molecule has 0 radical (unpaired) electrons. The van der Waals surface area contributed by atoms with Gasteiger partial charge in [0.15, 0.2) is 29.7 Å². The van der Waals surface area contributed by atoms with Gasteiger partial charge in [0, 0.05) is 33.1 Å². The molecule has 1 fully saturated rings. The van der Waals surface area contributed by atoms with Gasteiger partial charge in [-0.2, -0.15) is 0 Å². The molecule has 0 aliphatic carbocycles. The fourth-order valence-electron chi connectivity index (χ4n) is 3.07. The van der Waals surface area contributed by atoms with Crippen LogP contribution in [0.15, 0.2) is 6.20 Å². The summed E-state index contributed by atoms with van der Waals surface area (Å²) in [5.74, 6) is -6.46. The second-order valence-corrected chi connectivity index (χ2v) is 7.90. The molecule has 5 atom stereocenters. The minimum atomic E-state index is -1.70. The van der Waals surface area contributed by atoms with Gasteiger partial charge in [-0.15, -0.1) is 0 Å². The van der Waals surface area contributed by atoms with E-state index < -0.39 is 100 Å². The molecule has 198 valence electrons. The number of ether oxygens (including phenoxy) is 6. The Kier molecular flexibility index (Phi) is 8.20. The Balaban J connectivity index is 2.49. The molecular weight excluding hydrogens is 504 g/mol. The van der Waals surface area contributed by atoms with E-state index >= 15 is 0 Å². The van der Waals surface area contributed by atoms with E-state index in [1.54, 1.807) is 0 Å². The van der Waals surface area contributed by atoms with Crippen molar-refractivity contribution in [3.05, 3.63) is 11.1 Å². The van der Waals surface area contributed by atoms with E-state index in [1.807, 2.05) is 0 Å². The summed E-state index contributed by atoms with van der Waals surface area (Å²) >= 11 is 0.685.